The summed E-state index contributed by atoms with van der Waals surface area (Å²) in [6.45, 7) is 6.08. The van der Waals surface area contributed by atoms with Gasteiger partial charge >= 0.3 is 0 Å². The summed E-state index contributed by atoms with van der Waals surface area (Å²) >= 11 is 7.07. The van der Waals surface area contributed by atoms with Gasteiger partial charge in [0.2, 0.25) is 0 Å². The number of hydrogen-bond acceptors (Lipinski definition) is 2. The highest BCUT2D eigenvalue weighted by molar-refractivity contribution is 9.10. The van der Waals surface area contributed by atoms with Gasteiger partial charge in [-0.2, -0.15) is 0 Å². The molecule has 2 rings (SSSR count). The molecule has 0 aliphatic rings. The molecule has 0 aliphatic carbocycles. The van der Waals surface area contributed by atoms with E-state index in [4.69, 9.17) is 10.5 Å². The van der Waals surface area contributed by atoms with Crippen molar-refractivity contribution in [1.29, 1.82) is 0 Å². The molecule has 2 unspecified atom stereocenters. The normalized spacial score (nSPS) is 13.8. The molecule has 0 amide bonds. The van der Waals surface area contributed by atoms with E-state index < -0.39 is 0 Å². The first-order chi connectivity index (χ1) is 9.88. The molecule has 0 radical (unpaired) electrons. The van der Waals surface area contributed by atoms with Gasteiger partial charge in [-0.05, 0) is 61.7 Å². The van der Waals surface area contributed by atoms with Crippen molar-refractivity contribution in [2.45, 2.75) is 32.9 Å². The molecule has 0 spiro atoms. The third kappa shape index (κ3) is 4.09. The second-order valence-corrected chi connectivity index (χ2v) is 7.03. The van der Waals surface area contributed by atoms with Crippen LogP contribution in [0.3, 0.4) is 0 Å². The summed E-state index contributed by atoms with van der Waals surface area (Å²) in [5.74, 6) is 0.843. The predicted octanol–water partition coefficient (Wildman–Crippen LogP) is 5.30. The fourth-order valence-corrected chi connectivity index (χ4v) is 2.93. The lowest BCUT2D eigenvalue weighted by molar-refractivity contribution is 0.180. The number of aryl methyl sites for hydroxylation is 2. The molecular formula is C17H19Br2NO. The first kappa shape index (κ1) is 16.5. The third-order valence-electron chi connectivity index (χ3n) is 3.33. The van der Waals surface area contributed by atoms with Crippen molar-refractivity contribution >= 4 is 31.9 Å². The van der Waals surface area contributed by atoms with Crippen molar-refractivity contribution in [1.82, 2.24) is 0 Å². The SMILES string of the molecule is Cc1cc(OC(c2cccc(Br)c2)C(C)N)cc(C)c1Br. The van der Waals surface area contributed by atoms with Gasteiger partial charge in [-0.1, -0.05) is 44.0 Å². The second kappa shape index (κ2) is 6.95. The Morgan fingerprint density at radius 2 is 1.67 bits per heavy atom. The molecule has 0 aliphatic heterocycles. The molecule has 0 saturated carbocycles. The van der Waals surface area contributed by atoms with E-state index in [1.54, 1.807) is 0 Å². The third-order valence-corrected chi connectivity index (χ3v) is 5.07. The van der Waals surface area contributed by atoms with E-state index in [2.05, 4.69) is 45.7 Å². The number of halogens is 2. The molecule has 0 bridgehead atoms. The predicted molar refractivity (Wildman–Crippen MR) is 94.8 cm³/mol. The van der Waals surface area contributed by atoms with Crippen LogP contribution in [0.2, 0.25) is 0 Å². The number of benzene rings is 2. The highest BCUT2D eigenvalue weighted by atomic mass is 79.9. The van der Waals surface area contributed by atoms with Crippen LogP contribution in [-0.2, 0) is 0 Å². The number of nitrogens with two attached hydrogens (primary N) is 1. The Labute approximate surface area is 143 Å². The largest absolute Gasteiger partial charge is 0.484 e. The molecule has 4 heteroatoms. The van der Waals surface area contributed by atoms with E-state index in [0.29, 0.717) is 0 Å². The van der Waals surface area contributed by atoms with Gasteiger partial charge in [0.15, 0.2) is 0 Å². The zero-order chi connectivity index (χ0) is 15.6. The Bertz CT molecular complexity index is 617. The van der Waals surface area contributed by atoms with Crippen molar-refractivity contribution in [3.63, 3.8) is 0 Å². The van der Waals surface area contributed by atoms with Crippen molar-refractivity contribution in [3.8, 4) is 5.75 Å². The summed E-state index contributed by atoms with van der Waals surface area (Å²) in [5.41, 5.74) is 9.50. The summed E-state index contributed by atoms with van der Waals surface area (Å²) in [6.07, 6.45) is -0.178. The lowest BCUT2D eigenvalue weighted by Crippen LogP contribution is -2.29. The van der Waals surface area contributed by atoms with Gasteiger partial charge in [0.1, 0.15) is 11.9 Å². The Hall–Kier alpha value is -0.840. The number of rotatable bonds is 4. The maximum atomic E-state index is 6.17. The van der Waals surface area contributed by atoms with Gasteiger partial charge in [-0.3, -0.25) is 0 Å². The zero-order valence-electron chi connectivity index (χ0n) is 12.4. The van der Waals surface area contributed by atoms with Gasteiger partial charge in [-0.25, -0.2) is 0 Å². The first-order valence-corrected chi connectivity index (χ1v) is 8.41. The minimum Gasteiger partial charge on any atom is -0.484 e. The van der Waals surface area contributed by atoms with E-state index >= 15 is 0 Å². The monoisotopic (exact) mass is 411 g/mol. The van der Waals surface area contributed by atoms with Gasteiger partial charge < -0.3 is 10.5 Å². The Morgan fingerprint density at radius 3 is 2.19 bits per heavy atom. The molecule has 2 aromatic rings. The van der Waals surface area contributed by atoms with E-state index in [0.717, 1.165) is 31.4 Å². The molecule has 112 valence electrons. The minimum atomic E-state index is -0.178. The molecule has 2 aromatic carbocycles. The van der Waals surface area contributed by atoms with Crippen molar-refractivity contribution in [3.05, 3.63) is 62.0 Å². The molecule has 0 saturated heterocycles. The lowest BCUT2D eigenvalue weighted by Gasteiger charge is -2.24. The first-order valence-electron chi connectivity index (χ1n) is 6.83. The van der Waals surface area contributed by atoms with Crippen molar-refractivity contribution in [2.75, 3.05) is 0 Å². The molecule has 21 heavy (non-hydrogen) atoms. The van der Waals surface area contributed by atoms with Crippen LogP contribution in [0.4, 0.5) is 0 Å². The minimum absolute atomic E-state index is 0.108. The smallest absolute Gasteiger partial charge is 0.138 e. The number of ether oxygens (including phenoxy) is 1. The standard InChI is InChI=1S/C17H19Br2NO/c1-10-7-15(8-11(2)16(10)19)21-17(12(3)20)13-5-4-6-14(18)9-13/h4-9,12,17H,20H2,1-3H3. The van der Waals surface area contributed by atoms with Crippen LogP contribution in [0, 0.1) is 13.8 Å². The van der Waals surface area contributed by atoms with E-state index in [1.165, 1.54) is 0 Å². The maximum Gasteiger partial charge on any atom is 0.138 e. The summed E-state index contributed by atoms with van der Waals surface area (Å²) in [5, 5.41) is 0. The second-order valence-electron chi connectivity index (χ2n) is 5.32. The van der Waals surface area contributed by atoms with Crippen LogP contribution in [0.15, 0.2) is 45.3 Å². The summed E-state index contributed by atoms with van der Waals surface area (Å²) in [4.78, 5) is 0. The number of hydrogen-bond donors (Lipinski definition) is 1. The highest BCUT2D eigenvalue weighted by Gasteiger charge is 2.19. The Kier molecular flexibility index (Phi) is 5.47. The quantitative estimate of drug-likeness (QED) is 0.739. The molecule has 0 heterocycles. The van der Waals surface area contributed by atoms with Crippen LogP contribution in [0.1, 0.15) is 29.7 Å². The summed E-state index contributed by atoms with van der Waals surface area (Å²) < 4.78 is 8.31. The Balaban J connectivity index is 2.33. The van der Waals surface area contributed by atoms with E-state index in [1.807, 2.05) is 43.3 Å². The lowest BCUT2D eigenvalue weighted by atomic mass is 10.0. The van der Waals surface area contributed by atoms with Crippen LogP contribution in [0.5, 0.6) is 5.75 Å². The van der Waals surface area contributed by atoms with Gasteiger partial charge in [0.25, 0.3) is 0 Å². The fraction of sp³-hybridized carbons (Fsp3) is 0.294. The average Bonchev–Trinajstić information content (AvgIpc) is 2.41. The summed E-state index contributed by atoms with van der Waals surface area (Å²) in [7, 11) is 0. The average molecular weight is 413 g/mol. The van der Waals surface area contributed by atoms with Gasteiger partial charge in [0.05, 0.1) is 0 Å². The zero-order valence-corrected chi connectivity index (χ0v) is 15.5. The van der Waals surface area contributed by atoms with Crippen molar-refractivity contribution in [2.24, 2.45) is 5.73 Å². The van der Waals surface area contributed by atoms with E-state index in [9.17, 15) is 0 Å². The fourth-order valence-electron chi connectivity index (χ4n) is 2.28. The highest BCUT2D eigenvalue weighted by Crippen LogP contribution is 2.31. The topological polar surface area (TPSA) is 35.2 Å². The van der Waals surface area contributed by atoms with Crippen LogP contribution in [0.25, 0.3) is 0 Å². The van der Waals surface area contributed by atoms with Crippen LogP contribution >= 0.6 is 31.9 Å². The van der Waals surface area contributed by atoms with Crippen LogP contribution < -0.4 is 10.5 Å². The molecular weight excluding hydrogens is 394 g/mol. The molecule has 2 atom stereocenters. The van der Waals surface area contributed by atoms with Crippen LogP contribution in [-0.4, -0.2) is 6.04 Å². The Morgan fingerprint density at radius 1 is 1.05 bits per heavy atom. The maximum absolute atomic E-state index is 6.17. The molecule has 0 fully saturated rings. The summed E-state index contributed by atoms with van der Waals surface area (Å²) in [6, 6.07) is 12.0. The molecule has 2 N–H and O–H groups in total. The van der Waals surface area contributed by atoms with Crippen molar-refractivity contribution < 1.29 is 4.74 Å². The molecule has 2 nitrogen and oxygen atoms in total. The van der Waals surface area contributed by atoms with Gasteiger partial charge in [-0.15, -0.1) is 0 Å². The van der Waals surface area contributed by atoms with E-state index in [-0.39, 0.29) is 12.1 Å². The molecule has 0 aromatic heterocycles. The van der Waals surface area contributed by atoms with Gasteiger partial charge in [0, 0.05) is 15.0 Å².